The van der Waals surface area contributed by atoms with E-state index in [2.05, 4.69) is 15.8 Å². The number of nitrogens with one attached hydrogen (secondary N) is 2. The molecule has 43 heavy (non-hydrogen) atoms. The molecule has 3 amide bonds. The Bertz CT molecular complexity index is 1560. The standard InChI is InChI=1S/C29H36FN5O7S/c1-17-14-35(18(2)16-36)27(37)13-21-12-24(32-29(38)31-23-8-6-22(30)7-9-23)10-11-25(21)41-26(17)15-34(5)43(39,40)28-19(3)33-42-20(28)4/h6-12,17-18,26,36H,13-16H2,1-5H3,(H2,31,32,38)/t17-,18+,26-/m0/s1. The summed E-state index contributed by atoms with van der Waals surface area (Å²) in [6, 6.07) is 9.05. The molecule has 0 saturated carbocycles. The molecule has 0 radical (unpaired) electrons. The molecule has 232 valence electrons. The van der Waals surface area contributed by atoms with E-state index in [0.29, 0.717) is 22.7 Å². The first-order valence-corrected chi connectivity index (χ1v) is 15.2. The second-order valence-corrected chi connectivity index (χ2v) is 12.7. The molecule has 0 bridgehead atoms. The van der Waals surface area contributed by atoms with Crippen LogP contribution in [0.5, 0.6) is 5.75 Å². The summed E-state index contributed by atoms with van der Waals surface area (Å²) in [5, 5.41) is 19.0. The van der Waals surface area contributed by atoms with Gasteiger partial charge in [-0.3, -0.25) is 4.79 Å². The molecule has 2 heterocycles. The van der Waals surface area contributed by atoms with Crippen molar-refractivity contribution in [2.45, 2.75) is 51.2 Å². The molecule has 14 heteroatoms. The Kier molecular flexibility index (Phi) is 9.72. The van der Waals surface area contributed by atoms with Crippen molar-refractivity contribution in [1.82, 2.24) is 14.4 Å². The molecule has 3 aromatic rings. The zero-order chi connectivity index (χ0) is 31.5. The molecule has 0 spiro atoms. The van der Waals surface area contributed by atoms with Crippen molar-refractivity contribution in [2.24, 2.45) is 5.92 Å². The lowest BCUT2D eigenvalue weighted by molar-refractivity contribution is -0.134. The van der Waals surface area contributed by atoms with Gasteiger partial charge in [0.05, 0.1) is 25.6 Å². The minimum atomic E-state index is -3.98. The zero-order valence-corrected chi connectivity index (χ0v) is 25.4. The second kappa shape index (κ2) is 13.1. The molecule has 0 unspecified atom stereocenters. The molecule has 3 atom stereocenters. The van der Waals surface area contributed by atoms with Gasteiger partial charge in [-0.15, -0.1) is 0 Å². The molecular formula is C29H36FN5O7S. The number of aliphatic hydroxyl groups excluding tert-OH is 1. The van der Waals surface area contributed by atoms with Crippen LogP contribution in [-0.2, 0) is 21.2 Å². The van der Waals surface area contributed by atoms with Crippen LogP contribution in [0.2, 0.25) is 0 Å². The van der Waals surface area contributed by atoms with Crippen LogP contribution in [0.3, 0.4) is 0 Å². The predicted molar refractivity (Wildman–Crippen MR) is 157 cm³/mol. The third-order valence-corrected chi connectivity index (χ3v) is 9.42. The average Bonchev–Trinajstić information content (AvgIpc) is 3.32. The van der Waals surface area contributed by atoms with Gasteiger partial charge in [-0.25, -0.2) is 17.6 Å². The van der Waals surface area contributed by atoms with Gasteiger partial charge in [0.2, 0.25) is 15.9 Å². The number of nitrogens with zero attached hydrogens (tertiary/aromatic N) is 3. The molecule has 4 rings (SSSR count). The number of aliphatic hydroxyl groups is 1. The minimum Gasteiger partial charge on any atom is -0.488 e. The minimum absolute atomic E-state index is 0.00791. The van der Waals surface area contributed by atoms with Crippen LogP contribution in [0.15, 0.2) is 51.9 Å². The number of sulfonamides is 1. The van der Waals surface area contributed by atoms with E-state index in [4.69, 9.17) is 9.26 Å². The maximum absolute atomic E-state index is 13.5. The number of amides is 3. The van der Waals surface area contributed by atoms with Crippen LogP contribution in [-0.4, -0.2) is 78.7 Å². The first-order valence-electron chi connectivity index (χ1n) is 13.7. The van der Waals surface area contributed by atoms with Crippen molar-refractivity contribution >= 4 is 33.3 Å². The van der Waals surface area contributed by atoms with Gasteiger partial charge in [-0.1, -0.05) is 12.1 Å². The number of hydrogen-bond donors (Lipinski definition) is 3. The van der Waals surface area contributed by atoms with Crippen molar-refractivity contribution in [2.75, 3.05) is 37.4 Å². The number of anilines is 2. The third kappa shape index (κ3) is 7.32. The summed E-state index contributed by atoms with van der Waals surface area (Å²) in [6.07, 6.45) is -0.777. The number of ether oxygens (including phenoxy) is 1. The quantitative estimate of drug-likeness (QED) is 0.347. The van der Waals surface area contributed by atoms with E-state index in [1.165, 1.54) is 42.5 Å². The number of carbonyl (C=O) groups excluding carboxylic acids is 2. The number of aromatic nitrogens is 1. The number of benzene rings is 2. The van der Waals surface area contributed by atoms with Crippen LogP contribution in [0.25, 0.3) is 0 Å². The maximum atomic E-state index is 13.5. The van der Waals surface area contributed by atoms with Crippen molar-refractivity contribution < 1.29 is 36.8 Å². The highest BCUT2D eigenvalue weighted by molar-refractivity contribution is 7.89. The predicted octanol–water partition coefficient (Wildman–Crippen LogP) is 3.54. The lowest BCUT2D eigenvalue weighted by Crippen LogP contribution is -2.48. The number of urea groups is 1. The van der Waals surface area contributed by atoms with E-state index >= 15 is 0 Å². The molecule has 1 aromatic heterocycles. The molecule has 1 aliphatic rings. The smallest absolute Gasteiger partial charge is 0.323 e. The van der Waals surface area contributed by atoms with Crippen molar-refractivity contribution in [3.05, 3.63) is 65.3 Å². The number of rotatable bonds is 8. The highest BCUT2D eigenvalue weighted by atomic mass is 32.2. The van der Waals surface area contributed by atoms with E-state index in [-0.39, 0.29) is 54.3 Å². The van der Waals surface area contributed by atoms with Gasteiger partial charge in [-0.2, -0.15) is 4.31 Å². The maximum Gasteiger partial charge on any atom is 0.323 e. The number of aryl methyl sites for hydroxylation is 2. The van der Waals surface area contributed by atoms with Crippen LogP contribution < -0.4 is 15.4 Å². The largest absolute Gasteiger partial charge is 0.488 e. The highest BCUT2D eigenvalue weighted by Crippen LogP contribution is 2.30. The van der Waals surface area contributed by atoms with E-state index in [9.17, 15) is 27.5 Å². The Morgan fingerprint density at radius 2 is 1.84 bits per heavy atom. The molecule has 0 saturated heterocycles. The van der Waals surface area contributed by atoms with Gasteiger partial charge < -0.3 is 29.9 Å². The molecule has 3 N–H and O–H groups in total. The Morgan fingerprint density at radius 3 is 2.47 bits per heavy atom. The van der Waals surface area contributed by atoms with Crippen molar-refractivity contribution in [3.63, 3.8) is 0 Å². The van der Waals surface area contributed by atoms with Gasteiger partial charge in [0, 0.05) is 36.4 Å². The summed E-state index contributed by atoms with van der Waals surface area (Å²) in [4.78, 5) is 27.6. The van der Waals surface area contributed by atoms with E-state index in [1.807, 2.05) is 6.92 Å². The molecular weight excluding hydrogens is 581 g/mol. The van der Waals surface area contributed by atoms with Gasteiger partial charge in [0.15, 0.2) is 5.76 Å². The van der Waals surface area contributed by atoms with Crippen LogP contribution in [0, 0.1) is 25.6 Å². The number of likely N-dealkylation sites (N-methyl/N-ethyl adjacent to an activating group) is 1. The zero-order valence-electron chi connectivity index (χ0n) is 24.6. The Morgan fingerprint density at radius 1 is 1.19 bits per heavy atom. The summed E-state index contributed by atoms with van der Waals surface area (Å²) in [7, 11) is -2.54. The lowest BCUT2D eigenvalue weighted by atomic mass is 10.0. The van der Waals surface area contributed by atoms with Gasteiger partial charge in [0.25, 0.3) is 0 Å². The van der Waals surface area contributed by atoms with Crippen molar-refractivity contribution in [3.8, 4) is 5.75 Å². The third-order valence-electron chi connectivity index (χ3n) is 7.35. The Balaban J connectivity index is 1.62. The van der Waals surface area contributed by atoms with Gasteiger partial charge in [-0.05, 0) is 63.2 Å². The van der Waals surface area contributed by atoms with Crippen LogP contribution >= 0.6 is 0 Å². The van der Waals surface area contributed by atoms with E-state index < -0.39 is 34.0 Å². The molecule has 2 aromatic carbocycles. The fourth-order valence-electron chi connectivity index (χ4n) is 4.90. The molecule has 1 aliphatic heterocycles. The first-order chi connectivity index (χ1) is 20.3. The second-order valence-electron chi connectivity index (χ2n) is 10.7. The molecule has 0 fully saturated rings. The SMILES string of the molecule is Cc1noc(C)c1S(=O)(=O)N(C)C[C@@H]1Oc2ccc(NC(=O)Nc3ccc(F)cc3)cc2CC(=O)N([C@H](C)CO)C[C@@H]1C. The molecule has 0 aliphatic carbocycles. The number of fused-ring (bicyclic) bond motifs is 1. The number of halogens is 1. The fraction of sp³-hybridized carbons (Fsp3) is 0.414. The topological polar surface area (TPSA) is 154 Å². The Labute approximate surface area is 249 Å². The Hall–Kier alpha value is -4.01. The van der Waals surface area contributed by atoms with Gasteiger partial charge >= 0.3 is 6.03 Å². The van der Waals surface area contributed by atoms with Crippen molar-refractivity contribution in [1.29, 1.82) is 0 Å². The fourth-order valence-corrected chi connectivity index (χ4v) is 6.37. The lowest BCUT2D eigenvalue weighted by Gasteiger charge is -2.33. The summed E-state index contributed by atoms with van der Waals surface area (Å²) in [5.74, 6) is -0.501. The summed E-state index contributed by atoms with van der Waals surface area (Å²) in [5.41, 5.74) is 1.48. The van der Waals surface area contributed by atoms with Crippen LogP contribution in [0.1, 0.15) is 30.9 Å². The molecule has 12 nitrogen and oxygen atoms in total. The summed E-state index contributed by atoms with van der Waals surface area (Å²) < 4.78 is 52.8. The first kappa shape index (κ1) is 31.9. The average molecular weight is 618 g/mol. The number of carbonyl (C=O) groups is 2. The summed E-state index contributed by atoms with van der Waals surface area (Å²) in [6.45, 7) is 6.56. The normalized spacial score (nSPS) is 18.2. The van der Waals surface area contributed by atoms with E-state index in [1.54, 1.807) is 36.9 Å². The number of hydrogen-bond acceptors (Lipinski definition) is 8. The van der Waals surface area contributed by atoms with E-state index in [0.717, 1.165) is 0 Å². The monoisotopic (exact) mass is 617 g/mol. The van der Waals surface area contributed by atoms with Gasteiger partial charge in [0.1, 0.15) is 28.3 Å². The summed E-state index contributed by atoms with van der Waals surface area (Å²) >= 11 is 0. The highest BCUT2D eigenvalue weighted by Gasteiger charge is 2.35. The van der Waals surface area contributed by atoms with Crippen LogP contribution in [0.4, 0.5) is 20.6 Å².